The number of hydrogen-bond donors (Lipinski definition) is 2. The maximum absolute atomic E-state index is 13.2. The number of H-pyrrole nitrogens is 1. The van der Waals surface area contributed by atoms with Crippen LogP contribution in [0.3, 0.4) is 0 Å². The van der Waals surface area contributed by atoms with Crippen molar-refractivity contribution in [1.82, 2.24) is 9.88 Å². The third-order valence-electron chi connectivity index (χ3n) is 5.84. The van der Waals surface area contributed by atoms with E-state index in [4.69, 9.17) is 4.74 Å². The molecule has 0 radical (unpaired) electrons. The van der Waals surface area contributed by atoms with Crippen molar-refractivity contribution in [2.45, 2.75) is 31.7 Å². The first-order chi connectivity index (χ1) is 14.2. The lowest BCUT2D eigenvalue weighted by molar-refractivity contribution is 0.0548. The Morgan fingerprint density at radius 2 is 2.00 bits per heavy atom. The average Bonchev–Trinajstić information content (AvgIpc) is 3.18. The Morgan fingerprint density at radius 1 is 1.10 bits per heavy atom. The molecular formula is C23H23N3O3. The van der Waals surface area contributed by atoms with Gasteiger partial charge >= 0.3 is 0 Å². The molecule has 2 aromatic carbocycles. The van der Waals surface area contributed by atoms with Gasteiger partial charge in [0, 0.05) is 35.6 Å². The Hall–Kier alpha value is -3.28. The second-order valence-electron chi connectivity index (χ2n) is 7.72. The number of piperidine rings is 1. The summed E-state index contributed by atoms with van der Waals surface area (Å²) in [6.07, 6.45) is 4.09. The van der Waals surface area contributed by atoms with E-state index in [9.17, 15) is 9.59 Å². The van der Waals surface area contributed by atoms with Crippen LogP contribution in [0.5, 0.6) is 5.75 Å². The van der Waals surface area contributed by atoms with Crippen LogP contribution in [0.25, 0.3) is 10.9 Å². The normalized spacial score (nSPS) is 19.0. The maximum Gasteiger partial charge on any atom is 0.272 e. The van der Waals surface area contributed by atoms with Crippen LogP contribution < -0.4 is 10.1 Å². The van der Waals surface area contributed by atoms with Crippen molar-refractivity contribution < 1.29 is 14.3 Å². The van der Waals surface area contributed by atoms with Crippen molar-refractivity contribution in [3.63, 3.8) is 0 Å². The quantitative estimate of drug-likeness (QED) is 0.690. The van der Waals surface area contributed by atoms with Gasteiger partial charge in [0.25, 0.3) is 11.8 Å². The van der Waals surface area contributed by atoms with E-state index in [1.165, 1.54) is 0 Å². The number of fused-ring (bicyclic) bond motifs is 3. The summed E-state index contributed by atoms with van der Waals surface area (Å²) in [5, 5.41) is 3.88. The molecule has 3 aromatic rings. The second-order valence-corrected chi connectivity index (χ2v) is 7.72. The summed E-state index contributed by atoms with van der Waals surface area (Å²) in [6.45, 7) is 1.39. The number of benzene rings is 2. The molecule has 0 saturated carbocycles. The van der Waals surface area contributed by atoms with Gasteiger partial charge in [-0.25, -0.2) is 0 Å². The topological polar surface area (TPSA) is 74.4 Å². The summed E-state index contributed by atoms with van der Waals surface area (Å²) in [7, 11) is 0. The fraction of sp³-hybridized carbons (Fsp3) is 0.304. The van der Waals surface area contributed by atoms with Crippen LogP contribution in [-0.2, 0) is 0 Å². The van der Waals surface area contributed by atoms with Crippen molar-refractivity contribution in [3.05, 3.63) is 59.8 Å². The number of nitrogens with one attached hydrogen (secondary N) is 2. The molecule has 1 atom stereocenters. The van der Waals surface area contributed by atoms with E-state index < -0.39 is 0 Å². The number of aromatic nitrogens is 1. The minimum Gasteiger partial charge on any atom is -0.493 e. The lowest BCUT2D eigenvalue weighted by Gasteiger charge is -2.37. The van der Waals surface area contributed by atoms with Crippen molar-refractivity contribution >= 4 is 28.4 Å². The van der Waals surface area contributed by atoms with Gasteiger partial charge in [0.15, 0.2) is 0 Å². The molecule has 2 aliphatic heterocycles. The molecule has 1 aromatic heterocycles. The molecule has 3 heterocycles. The molecule has 2 N–H and O–H groups in total. The zero-order valence-electron chi connectivity index (χ0n) is 16.1. The molecule has 1 saturated heterocycles. The first kappa shape index (κ1) is 17.8. The van der Waals surface area contributed by atoms with Gasteiger partial charge in [-0.05, 0) is 49.6 Å². The third kappa shape index (κ3) is 3.35. The first-order valence-corrected chi connectivity index (χ1v) is 10.2. The molecule has 0 bridgehead atoms. The standard InChI is InChI=1S/C23H23N3O3/c27-22(20-13-15-5-1-2-7-19(15)25-20)24-16-8-9-21-18(14-16)23(28)26-11-4-3-6-17(26)10-12-29-21/h1-2,5,7-9,13-14,17,25H,3-4,6,10-12H2,(H,24,27). The monoisotopic (exact) mass is 389 g/mol. The molecule has 0 spiro atoms. The van der Waals surface area contributed by atoms with Gasteiger partial charge in [0.2, 0.25) is 0 Å². The summed E-state index contributed by atoms with van der Waals surface area (Å²) >= 11 is 0. The second kappa shape index (κ2) is 7.28. The number of para-hydroxylation sites is 1. The van der Waals surface area contributed by atoms with Gasteiger partial charge in [-0.1, -0.05) is 18.2 Å². The van der Waals surface area contributed by atoms with Gasteiger partial charge in [-0.2, -0.15) is 0 Å². The lowest BCUT2D eigenvalue weighted by atomic mass is 9.97. The number of anilines is 1. The molecule has 1 fully saturated rings. The van der Waals surface area contributed by atoms with Crippen LogP contribution in [0.2, 0.25) is 0 Å². The molecule has 0 aliphatic carbocycles. The zero-order valence-corrected chi connectivity index (χ0v) is 16.1. The van der Waals surface area contributed by atoms with E-state index in [0.29, 0.717) is 29.3 Å². The van der Waals surface area contributed by atoms with Gasteiger partial charge in [-0.15, -0.1) is 0 Å². The molecule has 2 amide bonds. The maximum atomic E-state index is 13.2. The number of amides is 2. The predicted octanol–water partition coefficient (Wildman–Crippen LogP) is 4.20. The van der Waals surface area contributed by atoms with Gasteiger partial charge < -0.3 is 19.9 Å². The van der Waals surface area contributed by atoms with Crippen LogP contribution in [-0.4, -0.2) is 40.9 Å². The Labute approximate surface area is 168 Å². The smallest absolute Gasteiger partial charge is 0.272 e. The highest BCUT2D eigenvalue weighted by molar-refractivity contribution is 6.07. The fourth-order valence-corrected chi connectivity index (χ4v) is 4.32. The molecule has 29 heavy (non-hydrogen) atoms. The minimum absolute atomic E-state index is 0.00823. The molecule has 6 nitrogen and oxygen atoms in total. The van der Waals surface area contributed by atoms with E-state index in [-0.39, 0.29) is 17.9 Å². The zero-order chi connectivity index (χ0) is 19.8. The molecule has 5 rings (SSSR count). The number of carbonyl (C=O) groups excluding carboxylic acids is 2. The van der Waals surface area contributed by atoms with E-state index >= 15 is 0 Å². The number of rotatable bonds is 2. The van der Waals surface area contributed by atoms with Crippen LogP contribution in [0, 0.1) is 0 Å². The average molecular weight is 389 g/mol. The minimum atomic E-state index is -0.240. The highest BCUT2D eigenvalue weighted by atomic mass is 16.5. The van der Waals surface area contributed by atoms with Crippen LogP contribution >= 0.6 is 0 Å². The molecule has 2 aliphatic rings. The molecule has 6 heteroatoms. The van der Waals surface area contributed by atoms with Gasteiger partial charge in [-0.3, -0.25) is 9.59 Å². The Bertz CT molecular complexity index is 1050. The van der Waals surface area contributed by atoms with Crippen LogP contribution in [0.1, 0.15) is 46.5 Å². The summed E-state index contributed by atoms with van der Waals surface area (Å²) in [4.78, 5) is 31.0. The summed E-state index contributed by atoms with van der Waals surface area (Å²) < 4.78 is 5.87. The number of aromatic amines is 1. The lowest BCUT2D eigenvalue weighted by Crippen LogP contribution is -2.45. The van der Waals surface area contributed by atoms with Crippen molar-refractivity contribution in [2.24, 2.45) is 0 Å². The summed E-state index contributed by atoms with van der Waals surface area (Å²) in [5.41, 5.74) is 2.50. The number of ether oxygens (including phenoxy) is 1. The van der Waals surface area contributed by atoms with E-state index in [2.05, 4.69) is 10.3 Å². The number of hydrogen-bond acceptors (Lipinski definition) is 3. The van der Waals surface area contributed by atoms with Crippen LogP contribution in [0.4, 0.5) is 5.69 Å². The third-order valence-corrected chi connectivity index (χ3v) is 5.84. The van der Waals surface area contributed by atoms with Gasteiger partial charge in [0.05, 0.1) is 12.2 Å². The SMILES string of the molecule is O=C(Nc1ccc2c(c1)C(=O)N1CCCCC1CCO2)c1cc2ccccc2[nH]1. The van der Waals surface area contributed by atoms with Crippen molar-refractivity contribution in [3.8, 4) is 5.75 Å². The van der Waals surface area contributed by atoms with Gasteiger partial charge in [0.1, 0.15) is 11.4 Å². The predicted molar refractivity (Wildman–Crippen MR) is 111 cm³/mol. The fourth-order valence-electron chi connectivity index (χ4n) is 4.32. The molecule has 148 valence electrons. The highest BCUT2D eigenvalue weighted by Crippen LogP contribution is 2.31. The Kier molecular flexibility index (Phi) is 4.46. The number of carbonyl (C=O) groups is 2. The molecule has 1 unspecified atom stereocenters. The largest absolute Gasteiger partial charge is 0.493 e. The van der Waals surface area contributed by atoms with Crippen molar-refractivity contribution in [1.29, 1.82) is 0 Å². The summed E-state index contributed by atoms with van der Waals surface area (Å²) in [5.74, 6) is 0.338. The highest BCUT2D eigenvalue weighted by Gasteiger charge is 2.31. The van der Waals surface area contributed by atoms with Crippen molar-refractivity contribution in [2.75, 3.05) is 18.5 Å². The summed E-state index contributed by atoms with van der Waals surface area (Å²) in [6, 6.07) is 15.1. The van der Waals surface area contributed by atoms with E-state index in [0.717, 1.165) is 43.1 Å². The van der Waals surface area contributed by atoms with Crippen LogP contribution in [0.15, 0.2) is 48.5 Å². The Balaban J connectivity index is 1.42. The van der Waals surface area contributed by atoms with E-state index in [1.807, 2.05) is 35.2 Å². The van der Waals surface area contributed by atoms with E-state index in [1.54, 1.807) is 18.2 Å². The first-order valence-electron chi connectivity index (χ1n) is 10.2. The Morgan fingerprint density at radius 3 is 2.90 bits per heavy atom. The molecular weight excluding hydrogens is 366 g/mol. The number of nitrogens with zero attached hydrogens (tertiary/aromatic N) is 1.